The molecule has 1 rings (SSSR count). The van der Waals surface area contributed by atoms with Crippen LogP contribution in [0.2, 0.25) is 0 Å². The van der Waals surface area contributed by atoms with Crippen LogP contribution in [0.1, 0.15) is 25.1 Å². The molecule has 0 aliphatic carbocycles. The highest BCUT2D eigenvalue weighted by Crippen LogP contribution is 2.13. The van der Waals surface area contributed by atoms with Crippen LogP contribution >= 0.6 is 11.8 Å². The number of hydrogen-bond donors (Lipinski definition) is 1. The van der Waals surface area contributed by atoms with Gasteiger partial charge < -0.3 is 5.73 Å². The van der Waals surface area contributed by atoms with E-state index in [0.29, 0.717) is 6.54 Å². The molecule has 0 spiro atoms. The van der Waals surface area contributed by atoms with E-state index in [0.717, 1.165) is 22.9 Å². The van der Waals surface area contributed by atoms with E-state index in [1.165, 1.54) is 5.75 Å². The van der Waals surface area contributed by atoms with E-state index in [-0.39, 0.29) is 0 Å². The Bertz CT molecular complexity index is 256. The third kappa shape index (κ3) is 4.11. The molecule has 0 saturated heterocycles. The van der Waals surface area contributed by atoms with Crippen LogP contribution in [0.5, 0.6) is 0 Å². The van der Waals surface area contributed by atoms with Crippen LogP contribution < -0.4 is 5.73 Å². The van der Waals surface area contributed by atoms with Crippen LogP contribution in [0, 0.1) is 5.92 Å². The fourth-order valence-corrected chi connectivity index (χ4v) is 2.03. The van der Waals surface area contributed by atoms with Gasteiger partial charge in [0.05, 0.1) is 5.69 Å². The summed E-state index contributed by atoms with van der Waals surface area (Å²) in [6, 6.07) is 4.12. The van der Waals surface area contributed by atoms with Gasteiger partial charge in [0, 0.05) is 18.5 Å². The van der Waals surface area contributed by atoms with E-state index in [1.807, 2.05) is 18.0 Å². The molecule has 1 aromatic rings. The van der Waals surface area contributed by atoms with Gasteiger partial charge in [0.1, 0.15) is 0 Å². The van der Waals surface area contributed by atoms with Crippen molar-refractivity contribution >= 4 is 11.8 Å². The molecule has 0 aliphatic heterocycles. The number of nitrogens with two attached hydrogens (primary N) is 1. The summed E-state index contributed by atoms with van der Waals surface area (Å²) in [7, 11) is 0. The van der Waals surface area contributed by atoms with E-state index >= 15 is 0 Å². The van der Waals surface area contributed by atoms with Crippen LogP contribution in [-0.4, -0.2) is 10.7 Å². The second-order valence-electron chi connectivity index (χ2n) is 3.77. The second-order valence-corrected chi connectivity index (χ2v) is 4.80. The van der Waals surface area contributed by atoms with Crippen molar-refractivity contribution < 1.29 is 0 Å². The molecule has 0 radical (unpaired) electrons. The monoisotopic (exact) mass is 210 g/mol. The minimum Gasteiger partial charge on any atom is -0.326 e. The highest BCUT2D eigenvalue weighted by molar-refractivity contribution is 7.98. The quantitative estimate of drug-likeness (QED) is 0.811. The lowest BCUT2D eigenvalue weighted by molar-refractivity contribution is 0.750. The van der Waals surface area contributed by atoms with E-state index in [9.17, 15) is 0 Å². The van der Waals surface area contributed by atoms with Gasteiger partial charge in [-0.1, -0.05) is 19.9 Å². The first-order valence-electron chi connectivity index (χ1n) is 4.94. The van der Waals surface area contributed by atoms with Gasteiger partial charge in [0.2, 0.25) is 0 Å². The van der Waals surface area contributed by atoms with Crippen molar-refractivity contribution in [1.29, 1.82) is 0 Å². The van der Waals surface area contributed by atoms with Gasteiger partial charge in [-0.2, -0.15) is 11.8 Å². The fourth-order valence-electron chi connectivity index (χ4n) is 1.06. The minimum atomic E-state index is 0.576. The summed E-state index contributed by atoms with van der Waals surface area (Å²) in [5.41, 5.74) is 7.74. The lowest BCUT2D eigenvalue weighted by Crippen LogP contribution is -1.98. The smallest absolute Gasteiger partial charge is 0.0502 e. The van der Waals surface area contributed by atoms with Crippen LogP contribution in [0.3, 0.4) is 0 Å². The zero-order valence-electron chi connectivity index (χ0n) is 8.86. The van der Waals surface area contributed by atoms with Crippen molar-refractivity contribution in [3.63, 3.8) is 0 Å². The lowest BCUT2D eigenvalue weighted by atomic mass is 10.2. The third-order valence-electron chi connectivity index (χ3n) is 1.82. The number of thioether (sulfide) groups is 1. The predicted molar refractivity (Wildman–Crippen MR) is 63.1 cm³/mol. The van der Waals surface area contributed by atoms with Gasteiger partial charge in [0.15, 0.2) is 0 Å². The van der Waals surface area contributed by atoms with Crippen molar-refractivity contribution in [3.8, 4) is 0 Å². The minimum absolute atomic E-state index is 0.576. The van der Waals surface area contributed by atoms with Crippen molar-refractivity contribution in [2.75, 3.05) is 5.75 Å². The Balaban J connectivity index is 2.36. The van der Waals surface area contributed by atoms with Gasteiger partial charge in [-0.05, 0) is 23.3 Å². The topological polar surface area (TPSA) is 38.9 Å². The highest BCUT2D eigenvalue weighted by atomic mass is 32.2. The molecule has 0 aromatic carbocycles. The Kier molecular flexibility index (Phi) is 4.98. The Morgan fingerprint density at radius 1 is 1.43 bits per heavy atom. The largest absolute Gasteiger partial charge is 0.326 e. The summed E-state index contributed by atoms with van der Waals surface area (Å²) in [4.78, 5) is 4.35. The number of nitrogens with zero attached hydrogens (tertiary/aromatic N) is 1. The van der Waals surface area contributed by atoms with Crippen molar-refractivity contribution in [1.82, 2.24) is 4.98 Å². The van der Waals surface area contributed by atoms with Gasteiger partial charge in [0.25, 0.3) is 0 Å². The molecule has 0 amide bonds. The van der Waals surface area contributed by atoms with Gasteiger partial charge in [-0.15, -0.1) is 0 Å². The maximum Gasteiger partial charge on any atom is 0.0502 e. The highest BCUT2D eigenvalue weighted by Gasteiger charge is 1.97. The molecule has 0 atom stereocenters. The predicted octanol–water partition coefficient (Wildman–Crippen LogP) is 2.43. The molecule has 0 bridgehead atoms. The Hall–Kier alpha value is -0.540. The summed E-state index contributed by atoms with van der Waals surface area (Å²) < 4.78 is 0. The van der Waals surface area contributed by atoms with Crippen LogP contribution in [0.4, 0.5) is 0 Å². The average Bonchev–Trinajstić information content (AvgIpc) is 2.18. The summed E-state index contributed by atoms with van der Waals surface area (Å²) in [5, 5.41) is 0. The average molecular weight is 210 g/mol. The van der Waals surface area contributed by atoms with E-state index in [4.69, 9.17) is 5.73 Å². The molecule has 0 unspecified atom stereocenters. The first kappa shape index (κ1) is 11.5. The van der Waals surface area contributed by atoms with E-state index < -0.39 is 0 Å². The summed E-state index contributed by atoms with van der Waals surface area (Å²) in [5.74, 6) is 2.95. The molecule has 78 valence electrons. The molecular weight excluding hydrogens is 192 g/mol. The number of hydrogen-bond acceptors (Lipinski definition) is 3. The molecule has 2 nitrogen and oxygen atoms in total. The zero-order chi connectivity index (χ0) is 10.4. The number of rotatable bonds is 5. The molecule has 0 saturated carbocycles. The van der Waals surface area contributed by atoms with Crippen LogP contribution in [0.15, 0.2) is 18.3 Å². The normalized spacial score (nSPS) is 10.9. The summed E-state index contributed by atoms with van der Waals surface area (Å²) in [6.07, 6.45) is 1.87. The fraction of sp³-hybridized carbons (Fsp3) is 0.545. The number of aromatic nitrogens is 1. The maximum atomic E-state index is 5.49. The number of pyridine rings is 1. The van der Waals surface area contributed by atoms with E-state index in [1.54, 1.807) is 0 Å². The SMILES string of the molecule is CC(C)CSCc1ccc(CN)cn1. The Labute approximate surface area is 90.3 Å². The van der Waals surface area contributed by atoms with Gasteiger partial charge in [-0.25, -0.2) is 0 Å². The molecule has 14 heavy (non-hydrogen) atoms. The van der Waals surface area contributed by atoms with Crippen molar-refractivity contribution in [3.05, 3.63) is 29.6 Å². The third-order valence-corrected chi connectivity index (χ3v) is 3.23. The molecular formula is C11H18N2S. The second kappa shape index (κ2) is 6.04. The molecule has 1 aromatic heterocycles. The first-order valence-corrected chi connectivity index (χ1v) is 6.09. The lowest BCUT2D eigenvalue weighted by Gasteiger charge is -2.04. The van der Waals surface area contributed by atoms with Gasteiger partial charge >= 0.3 is 0 Å². The maximum absolute atomic E-state index is 5.49. The van der Waals surface area contributed by atoms with Crippen molar-refractivity contribution in [2.45, 2.75) is 26.1 Å². The molecule has 2 N–H and O–H groups in total. The molecule has 0 aliphatic rings. The van der Waals surface area contributed by atoms with Crippen molar-refractivity contribution in [2.24, 2.45) is 11.7 Å². The van der Waals surface area contributed by atoms with Crippen LogP contribution in [0.25, 0.3) is 0 Å². The standard InChI is InChI=1S/C11H18N2S/c1-9(2)7-14-8-11-4-3-10(5-12)6-13-11/h3-4,6,9H,5,7-8,12H2,1-2H3. The molecule has 1 heterocycles. The Morgan fingerprint density at radius 2 is 2.21 bits per heavy atom. The van der Waals surface area contributed by atoms with Crippen LogP contribution in [-0.2, 0) is 12.3 Å². The molecule has 3 heteroatoms. The Morgan fingerprint density at radius 3 is 2.71 bits per heavy atom. The summed E-state index contributed by atoms with van der Waals surface area (Å²) in [6.45, 7) is 5.04. The zero-order valence-corrected chi connectivity index (χ0v) is 9.68. The van der Waals surface area contributed by atoms with E-state index in [2.05, 4.69) is 31.0 Å². The first-order chi connectivity index (χ1) is 6.72. The summed E-state index contributed by atoms with van der Waals surface area (Å²) >= 11 is 1.93. The molecule has 0 fully saturated rings. The van der Waals surface area contributed by atoms with Gasteiger partial charge in [-0.3, -0.25) is 4.98 Å².